The van der Waals surface area contributed by atoms with Crippen molar-refractivity contribution in [2.24, 2.45) is 0 Å². The first-order chi connectivity index (χ1) is 10.3. The maximum absolute atomic E-state index is 12.8. The molecule has 1 fully saturated rings. The second-order valence-electron chi connectivity index (χ2n) is 5.03. The first-order valence-electron chi connectivity index (χ1n) is 7.01. The van der Waals surface area contributed by atoms with E-state index in [4.69, 9.17) is 4.74 Å². The third-order valence-corrected chi connectivity index (χ3v) is 3.44. The van der Waals surface area contributed by atoms with E-state index in [9.17, 15) is 4.79 Å². The molecule has 2 aromatic rings. The molecule has 3 rings (SSSR count). The molecule has 0 bridgehead atoms. The van der Waals surface area contributed by atoms with E-state index in [1.165, 1.54) is 5.57 Å². The fraction of sp³-hybridized carbons (Fsp3) is 0.158. The fourth-order valence-electron chi connectivity index (χ4n) is 2.12. The van der Waals surface area contributed by atoms with Crippen molar-refractivity contribution in [1.29, 1.82) is 0 Å². The normalized spacial score (nSPS) is 12.5. The van der Waals surface area contributed by atoms with Gasteiger partial charge in [0.1, 0.15) is 5.75 Å². The number of ether oxygens (including phenoxy) is 1. The Labute approximate surface area is 124 Å². The fourth-order valence-corrected chi connectivity index (χ4v) is 2.12. The Hall–Kier alpha value is -2.57. The van der Waals surface area contributed by atoms with E-state index in [1.807, 2.05) is 30.3 Å². The number of benzene rings is 2. The summed E-state index contributed by atoms with van der Waals surface area (Å²) in [5, 5.41) is 0. The Morgan fingerprint density at radius 1 is 0.952 bits per heavy atom. The molecule has 0 radical (unpaired) electrons. The molecule has 2 aromatic carbocycles. The van der Waals surface area contributed by atoms with Crippen LogP contribution >= 0.6 is 0 Å². The summed E-state index contributed by atoms with van der Waals surface area (Å²) in [5.41, 5.74) is 6.72. The first kappa shape index (κ1) is 13.4. The van der Waals surface area contributed by atoms with Crippen molar-refractivity contribution in [3.05, 3.63) is 77.0 Å². The molecule has 0 atom stereocenters. The zero-order chi connectivity index (χ0) is 14.7. The molecule has 0 spiro atoms. The second kappa shape index (κ2) is 5.82. The first-order valence-corrected chi connectivity index (χ1v) is 7.01. The Balaban J connectivity index is 2.01. The highest BCUT2D eigenvalue weighted by Gasteiger charge is 2.17. The molecule has 104 valence electrons. The number of rotatable bonds is 4. The molecular formula is C19H16O2. The zero-order valence-corrected chi connectivity index (χ0v) is 11.9. The third kappa shape index (κ3) is 3.13. The van der Waals surface area contributed by atoms with Crippen molar-refractivity contribution in [2.75, 3.05) is 7.11 Å². The van der Waals surface area contributed by atoms with E-state index in [2.05, 4.69) is 5.73 Å². The average Bonchev–Trinajstić information content (AvgIpc) is 3.37. The van der Waals surface area contributed by atoms with E-state index in [-0.39, 0.29) is 5.78 Å². The second-order valence-corrected chi connectivity index (χ2v) is 5.03. The van der Waals surface area contributed by atoms with Gasteiger partial charge >= 0.3 is 0 Å². The van der Waals surface area contributed by atoms with Gasteiger partial charge < -0.3 is 4.74 Å². The smallest absolute Gasteiger partial charge is 0.201 e. The lowest BCUT2D eigenvalue weighted by Gasteiger charge is -2.06. The highest BCUT2D eigenvalue weighted by Crippen LogP contribution is 2.29. The predicted octanol–water partition coefficient (Wildman–Crippen LogP) is 4.28. The molecule has 2 heteroatoms. The molecule has 0 amide bonds. The molecule has 0 aliphatic heterocycles. The summed E-state index contributed by atoms with van der Waals surface area (Å²) in [4.78, 5) is 12.8. The van der Waals surface area contributed by atoms with Crippen molar-refractivity contribution in [3.63, 3.8) is 0 Å². The van der Waals surface area contributed by atoms with Crippen LogP contribution in [0, 0.1) is 0 Å². The van der Waals surface area contributed by atoms with E-state index in [1.54, 1.807) is 31.4 Å². The summed E-state index contributed by atoms with van der Waals surface area (Å²) in [5.74, 6) is 0.751. The molecule has 0 unspecified atom stereocenters. The van der Waals surface area contributed by atoms with Gasteiger partial charge in [-0.15, -0.1) is 5.73 Å². The lowest BCUT2D eigenvalue weighted by molar-refractivity contribution is 0.105. The highest BCUT2D eigenvalue weighted by molar-refractivity contribution is 6.28. The Kier molecular flexibility index (Phi) is 3.72. The number of ketones is 1. The number of carbonyl (C=O) groups is 1. The van der Waals surface area contributed by atoms with Gasteiger partial charge in [-0.2, -0.15) is 0 Å². The van der Waals surface area contributed by atoms with Crippen molar-refractivity contribution in [3.8, 4) is 5.75 Å². The summed E-state index contributed by atoms with van der Waals surface area (Å²) in [6.07, 6.45) is 2.10. The zero-order valence-electron chi connectivity index (χ0n) is 11.9. The van der Waals surface area contributed by atoms with Crippen LogP contribution in [0.3, 0.4) is 0 Å². The van der Waals surface area contributed by atoms with Gasteiger partial charge in [-0.05, 0) is 48.2 Å². The summed E-state index contributed by atoms with van der Waals surface area (Å²) in [6, 6.07) is 16.9. The van der Waals surface area contributed by atoms with Gasteiger partial charge in [0.15, 0.2) is 0 Å². The van der Waals surface area contributed by atoms with Gasteiger partial charge in [0.25, 0.3) is 0 Å². The lowest BCUT2D eigenvalue weighted by Crippen LogP contribution is -2.02. The minimum absolute atomic E-state index is 0.00301. The van der Waals surface area contributed by atoms with E-state index in [0.29, 0.717) is 11.1 Å². The maximum atomic E-state index is 12.8. The van der Waals surface area contributed by atoms with Crippen LogP contribution in [-0.2, 0) is 0 Å². The van der Waals surface area contributed by atoms with Crippen LogP contribution in [0.5, 0.6) is 5.75 Å². The molecule has 1 aliphatic carbocycles. The quantitative estimate of drug-likeness (QED) is 0.473. The predicted molar refractivity (Wildman–Crippen MR) is 83.4 cm³/mol. The number of hydrogen-bond donors (Lipinski definition) is 0. The van der Waals surface area contributed by atoms with Crippen LogP contribution in [-0.4, -0.2) is 12.9 Å². The van der Waals surface area contributed by atoms with E-state index < -0.39 is 0 Å². The minimum atomic E-state index is 0.00301. The third-order valence-electron chi connectivity index (χ3n) is 3.44. The van der Waals surface area contributed by atoms with Crippen LogP contribution in [0.25, 0.3) is 5.57 Å². The molecule has 1 aliphatic rings. The summed E-state index contributed by atoms with van der Waals surface area (Å²) in [7, 11) is 1.61. The van der Waals surface area contributed by atoms with Gasteiger partial charge in [-0.3, -0.25) is 4.79 Å². The van der Waals surface area contributed by atoms with Crippen molar-refractivity contribution in [1.82, 2.24) is 0 Å². The van der Waals surface area contributed by atoms with Crippen LogP contribution in [0.15, 0.2) is 65.9 Å². The molecular weight excluding hydrogens is 260 g/mol. The van der Waals surface area contributed by atoms with Gasteiger partial charge in [0, 0.05) is 5.56 Å². The minimum Gasteiger partial charge on any atom is -0.497 e. The molecule has 2 nitrogen and oxygen atoms in total. The lowest BCUT2D eigenvalue weighted by atomic mass is 9.97. The standard InChI is InChI=1S/C19H16O2/c1-21-17-11-9-16(10-12-17)19(20)18(13-14-7-8-14)15-5-3-2-4-6-15/h2-6,9-12H,7-8H2,1H3. The summed E-state index contributed by atoms with van der Waals surface area (Å²) >= 11 is 0. The number of methoxy groups -OCH3 is 1. The van der Waals surface area contributed by atoms with Crippen LogP contribution in [0.4, 0.5) is 0 Å². The van der Waals surface area contributed by atoms with E-state index in [0.717, 1.165) is 24.2 Å². The van der Waals surface area contributed by atoms with Crippen molar-refractivity contribution in [2.45, 2.75) is 12.8 Å². The van der Waals surface area contributed by atoms with Crippen molar-refractivity contribution < 1.29 is 9.53 Å². The van der Waals surface area contributed by atoms with Gasteiger partial charge in [0.2, 0.25) is 5.78 Å². The summed E-state index contributed by atoms with van der Waals surface area (Å²) < 4.78 is 5.13. The number of allylic oxidation sites excluding steroid dienone is 1. The largest absolute Gasteiger partial charge is 0.497 e. The van der Waals surface area contributed by atoms with Crippen LogP contribution in [0.2, 0.25) is 0 Å². The van der Waals surface area contributed by atoms with E-state index >= 15 is 0 Å². The van der Waals surface area contributed by atoms with Gasteiger partial charge in [-0.1, -0.05) is 30.3 Å². The van der Waals surface area contributed by atoms with Gasteiger partial charge in [0.05, 0.1) is 12.7 Å². The van der Waals surface area contributed by atoms with Crippen molar-refractivity contribution >= 4 is 11.4 Å². The van der Waals surface area contributed by atoms with Crippen LogP contribution in [0.1, 0.15) is 28.8 Å². The summed E-state index contributed by atoms with van der Waals surface area (Å²) in [6.45, 7) is 0. The average molecular weight is 276 g/mol. The maximum Gasteiger partial charge on any atom is 0.201 e. The van der Waals surface area contributed by atoms with Crippen LogP contribution < -0.4 is 4.74 Å². The number of hydrogen-bond acceptors (Lipinski definition) is 2. The molecule has 0 saturated heterocycles. The Morgan fingerprint density at radius 2 is 1.62 bits per heavy atom. The molecule has 1 saturated carbocycles. The topological polar surface area (TPSA) is 26.3 Å². The van der Waals surface area contributed by atoms with Gasteiger partial charge in [-0.25, -0.2) is 0 Å². The molecule has 0 heterocycles. The Morgan fingerprint density at radius 3 is 2.19 bits per heavy atom. The number of carbonyl (C=O) groups excluding carboxylic acids is 1. The molecule has 21 heavy (non-hydrogen) atoms. The highest BCUT2D eigenvalue weighted by atomic mass is 16.5. The molecule has 0 aromatic heterocycles. The monoisotopic (exact) mass is 276 g/mol. The Bertz CT molecular complexity index is 712. The molecule has 0 N–H and O–H groups in total. The number of Topliss-reactive ketones (excluding diaryl/α,β-unsaturated/α-hetero) is 1. The SMILES string of the molecule is COc1ccc(C(=O)C(=C=C2CC2)c2ccccc2)cc1.